The molecule has 2 rings (SSSR count). The van der Waals surface area contributed by atoms with Gasteiger partial charge in [-0.05, 0) is 17.7 Å². The Morgan fingerprint density at radius 1 is 1.18 bits per heavy atom. The zero-order valence-electron chi connectivity index (χ0n) is 13.1. The van der Waals surface area contributed by atoms with Gasteiger partial charge in [0.05, 0.1) is 6.10 Å². The molecule has 0 aliphatic heterocycles. The Labute approximate surface area is 130 Å². The summed E-state index contributed by atoms with van der Waals surface area (Å²) in [6.45, 7) is 8.63. The highest BCUT2D eigenvalue weighted by Gasteiger charge is 2.60. The minimum absolute atomic E-state index is 0.0639. The number of nitrogens with one attached hydrogen (secondary N) is 1. The van der Waals surface area contributed by atoms with E-state index in [4.69, 9.17) is 0 Å². The largest absolute Gasteiger partial charge is 0.488 e. The van der Waals surface area contributed by atoms with E-state index in [0.717, 1.165) is 5.56 Å². The van der Waals surface area contributed by atoms with Gasteiger partial charge >= 0.3 is 10.5 Å². The van der Waals surface area contributed by atoms with Gasteiger partial charge in [0, 0.05) is 23.4 Å². The predicted octanol–water partition coefficient (Wildman–Crippen LogP) is 2.16. The first-order chi connectivity index (χ1) is 9.94. The van der Waals surface area contributed by atoms with Crippen LogP contribution in [-0.2, 0) is 17.0 Å². The summed E-state index contributed by atoms with van der Waals surface area (Å²) in [6.07, 6.45) is -0.372. The summed E-state index contributed by atoms with van der Waals surface area (Å²) in [4.78, 5) is 0. The molecule has 0 saturated heterocycles. The number of aliphatic hydroxyl groups is 1. The number of hydrogen-bond donors (Lipinski definition) is 2. The molecule has 0 spiro atoms. The fraction of sp³-hybridized carbons (Fsp3) is 0.600. The Kier molecular flexibility index (Phi) is 4.27. The quantitative estimate of drug-likeness (QED) is 0.809. The van der Waals surface area contributed by atoms with E-state index in [1.165, 1.54) is 12.1 Å². The minimum Gasteiger partial charge on any atom is -0.392 e. The van der Waals surface area contributed by atoms with Crippen molar-refractivity contribution in [3.05, 3.63) is 29.8 Å². The second-order valence-corrected chi connectivity index (χ2v) is 7.93. The lowest BCUT2D eigenvalue weighted by molar-refractivity contribution is -0.183. The standard InChI is InChI=1S/C15H22FNO4S/c1-14(2)12(15(3,4)13(14)18)17-9-10-5-7-11(8-6-10)21-22(16,19)20/h5-8,12-13,17-18H,9H2,1-4H3. The highest BCUT2D eigenvalue weighted by molar-refractivity contribution is 7.81. The molecule has 1 aromatic carbocycles. The van der Waals surface area contributed by atoms with E-state index in [0.29, 0.717) is 6.54 Å². The van der Waals surface area contributed by atoms with E-state index >= 15 is 0 Å². The van der Waals surface area contributed by atoms with E-state index in [1.807, 2.05) is 27.7 Å². The maximum absolute atomic E-state index is 12.4. The fourth-order valence-electron chi connectivity index (χ4n) is 3.66. The topological polar surface area (TPSA) is 75.6 Å². The summed E-state index contributed by atoms with van der Waals surface area (Å²) in [5.41, 5.74) is 0.487. The van der Waals surface area contributed by atoms with Crippen LogP contribution in [0.3, 0.4) is 0 Å². The van der Waals surface area contributed by atoms with Crippen LogP contribution in [0, 0.1) is 10.8 Å². The monoisotopic (exact) mass is 331 g/mol. The minimum atomic E-state index is -4.99. The van der Waals surface area contributed by atoms with E-state index < -0.39 is 10.5 Å². The summed E-state index contributed by atoms with van der Waals surface area (Å²) in [5, 5.41) is 13.6. The van der Waals surface area contributed by atoms with Gasteiger partial charge in [-0.3, -0.25) is 0 Å². The molecule has 7 heteroatoms. The van der Waals surface area contributed by atoms with Crippen molar-refractivity contribution in [1.29, 1.82) is 0 Å². The molecule has 0 heterocycles. The van der Waals surface area contributed by atoms with E-state index in [2.05, 4.69) is 9.50 Å². The van der Waals surface area contributed by atoms with Gasteiger partial charge in [-0.25, -0.2) is 0 Å². The summed E-state index contributed by atoms with van der Waals surface area (Å²) >= 11 is 0. The molecule has 0 aromatic heterocycles. The van der Waals surface area contributed by atoms with Crippen LogP contribution in [0.5, 0.6) is 5.75 Å². The Morgan fingerprint density at radius 3 is 2.14 bits per heavy atom. The lowest BCUT2D eigenvalue weighted by Gasteiger charge is -2.62. The molecule has 0 radical (unpaired) electrons. The number of rotatable bonds is 5. The average Bonchev–Trinajstić information content (AvgIpc) is 2.37. The SMILES string of the molecule is CC1(C)C(O)C(C)(C)C1NCc1ccc(OS(=O)(=O)F)cc1. The van der Waals surface area contributed by atoms with Crippen molar-refractivity contribution in [1.82, 2.24) is 5.32 Å². The molecule has 0 amide bonds. The second kappa shape index (κ2) is 5.47. The molecular formula is C15H22FNO4S. The van der Waals surface area contributed by atoms with Gasteiger partial charge in [-0.15, -0.1) is 0 Å². The Balaban J connectivity index is 1.98. The lowest BCUT2D eigenvalue weighted by atomic mass is 9.49. The highest BCUT2D eigenvalue weighted by Crippen LogP contribution is 2.53. The van der Waals surface area contributed by atoms with Gasteiger partial charge in [-0.2, -0.15) is 8.42 Å². The van der Waals surface area contributed by atoms with Crippen LogP contribution in [0.4, 0.5) is 3.89 Å². The van der Waals surface area contributed by atoms with Crippen molar-refractivity contribution in [2.75, 3.05) is 0 Å². The number of aliphatic hydroxyl groups excluding tert-OH is 1. The van der Waals surface area contributed by atoms with Crippen molar-refractivity contribution in [2.24, 2.45) is 10.8 Å². The first kappa shape index (κ1) is 17.2. The van der Waals surface area contributed by atoms with Crippen LogP contribution < -0.4 is 9.50 Å². The summed E-state index contributed by atoms with van der Waals surface area (Å²) in [6, 6.07) is 6.29. The van der Waals surface area contributed by atoms with Gasteiger partial charge < -0.3 is 14.6 Å². The molecule has 124 valence electrons. The number of benzene rings is 1. The van der Waals surface area contributed by atoms with Gasteiger partial charge in [0.2, 0.25) is 0 Å². The third-order valence-corrected chi connectivity index (χ3v) is 4.92. The molecule has 1 saturated carbocycles. The Morgan fingerprint density at radius 2 is 1.68 bits per heavy atom. The Hall–Kier alpha value is -1.18. The van der Waals surface area contributed by atoms with Crippen LogP contribution in [-0.4, -0.2) is 25.7 Å². The summed E-state index contributed by atoms with van der Waals surface area (Å²) in [5.74, 6) is -0.0639. The van der Waals surface area contributed by atoms with Crippen molar-refractivity contribution in [2.45, 2.75) is 46.4 Å². The van der Waals surface area contributed by atoms with Crippen LogP contribution in [0.2, 0.25) is 0 Å². The summed E-state index contributed by atoms with van der Waals surface area (Å²) in [7, 11) is -4.99. The fourth-order valence-corrected chi connectivity index (χ4v) is 4.00. The maximum Gasteiger partial charge on any atom is 0.488 e. The molecule has 0 bridgehead atoms. The zero-order chi connectivity index (χ0) is 16.8. The lowest BCUT2D eigenvalue weighted by Crippen LogP contribution is -2.72. The smallest absolute Gasteiger partial charge is 0.392 e. The maximum atomic E-state index is 12.4. The number of hydrogen-bond acceptors (Lipinski definition) is 5. The summed E-state index contributed by atoms with van der Waals surface area (Å²) < 4.78 is 37.3. The van der Waals surface area contributed by atoms with Crippen LogP contribution >= 0.6 is 0 Å². The highest BCUT2D eigenvalue weighted by atomic mass is 32.3. The van der Waals surface area contributed by atoms with E-state index in [9.17, 15) is 17.4 Å². The van der Waals surface area contributed by atoms with Crippen LogP contribution in [0.1, 0.15) is 33.3 Å². The van der Waals surface area contributed by atoms with Crippen molar-refractivity contribution in [3.63, 3.8) is 0 Å². The molecule has 1 fully saturated rings. The first-order valence-electron chi connectivity index (χ1n) is 7.09. The van der Waals surface area contributed by atoms with Gasteiger partial charge in [0.1, 0.15) is 5.75 Å². The predicted molar refractivity (Wildman–Crippen MR) is 81.3 cm³/mol. The normalized spacial score (nSPS) is 26.3. The van der Waals surface area contributed by atoms with Crippen molar-refractivity contribution in [3.8, 4) is 5.75 Å². The van der Waals surface area contributed by atoms with Gasteiger partial charge in [0.25, 0.3) is 0 Å². The second-order valence-electron chi connectivity index (χ2n) is 6.98. The van der Waals surface area contributed by atoms with Crippen molar-refractivity contribution < 1.29 is 21.6 Å². The van der Waals surface area contributed by atoms with Gasteiger partial charge in [-0.1, -0.05) is 43.7 Å². The third kappa shape index (κ3) is 3.26. The Bertz CT molecular complexity index is 624. The molecule has 0 unspecified atom stereocenters. The molecule has 0 atom stereocenters. The third-order valence-electron chi connectivity index (χ3n) is 4.53. The molecule has 1 aliphatic carbocycles. The van der Waals surface area contributed by atoms with Crippen LogP contribution in [0.25, 0.3) is 0 Å². The molecule has 1 aliphatic rings. The molecule has 1 aromatic rings. The first-order valence-corrected chi connectivity index (χ1v) is 8.40. The van der Waals surface area contributed by atoms with E-state index in [-0.39, 0.29) is 28.7 Å². The number of halogens is 1. The molecule has 2 N–H and O–H groups in total. The zero-order valence-corrected chi connectivity index (χ0v) is 13.9. The van der Waals surface area contributed by atoms with Gasteiger partial charge in [0.15, 0.2) is 0 Å². The van der Waals surface area contributed by atoms with Crippen molar-refractivity contribution >= 4 is 10.5 Å². The molecule has 5 nitrogen and oxygen atoms in total. The van der Waals surface area contributed by atoms with Crippen LogP contribution in [0.15, 0.2) is 24.3 Å². The van der Waals surface area contributed by atoms with E-state index in [1.54, 1.807) is 12.1 Å². The molecule has 22 heavy (non-hydrogen) atoms. The molecular weight excluding hydrogens is 309 g/mol. The average molecular weight is 331 g/mol.